The van der Waals surface area contributed by atoms with Crippen molar-refractivity contribution in [2.75, 3.05) is 6.54 Å². The molecule has 3 heteroatoms. The van der Waals surface area contributed by atoms with E-state index >= 15 is 0 Å². The van der Waals surface area contributed by atoms with Crippen LogP contribution < -0.4 is 5.32 Å². The fraction of sp³-hybridized carbons (Fsp3) is 0.923. The zero-order valence-corrected chi connectivity index (χ0v) is 11.6. The van der Waals surface area contributed by atoms with Crippen molar-refractivity contribution in [3.8, 4) is 0 Å². The van der Waals surface area contributed by atoms with Gasteiger partial charge in [-0.25, -0.2) is 0 Å². The molecule has 0 saturated heterocycles. The molecular weight excluding hydrogens is 222 g/mol. The molecule has 0 heterocycles. The first-order chi connectivity index (χ1) is 7.65. The summed E-state index contributed by atoms with van der Waals surface area (Å²) in [7, 11) is 0. The molecule has 0 aliphatic heterocycles. The molecule has 1 amide bonds. The lowest BCUT2D eigenvalue weighted by molar-refractivity contribution is -0.125. The predicted octanol–water partition coefficient (Wildman–Crippen LogP) is 3.73. The number of nitrogens with one attached hydrogen (secondary N) is 1. The Bertz CT molecular complexity index is 185. The summed E-state index contributed by atoms with van der Waals surface area (Å²) >= 11 is 6.06. The minimum atomic E-state index is 0.0811. The van der Waals surface area contributed by atoms with Gasteiger partial charge in [-0.05, 0) is 19.3 Å². The first-order valence-corrected chi connectivity index (χ1v) is 7.01. The van der Waals surface area contributed by atoms with Crippen molar-refractivity contribution in [3.63, 3.8) is 0 Å². The van der Waals surface area contributed by atoms with Crippen LogP contribution in [-0.2, 0) is 4.79 Å². The molecule has 2 atom stereocenters. The monoisotopic (exact) mass is 247 g/mol. The average molecular weight is 248 g/mol. The molecule has 16 heavy (non-hydrogen) atoms. The van der Waals surface area contributed by atoms with Gasteiger partial charge in [-0.2, -0.15) is 0 Å². The van der Waals surface area contributed by atoms with E-state index in [9.17, 15) is 4.79 Å². The molecule has 2 unspecified atom stereocenters. The first kappa shape index (κ1) is 15.8. The number of carbonyl (C=O) groups excluding carboxylic acids is 1. The van der Waals surface area contributed by atoms with Crippen LogP contribution in [-0.4, -0.2) is 17.8 Å². The van der Waals surface area contributed by atoms with E-state index in [4.69, 9.17) is 11.6 Å². The van der Waals surface area contributed by atoms with E-state index in [2.05, 4.69) is 26.1 Å². The topological polar surface area (TPSA) is 29.1 Å². The summed E-state index contributed by atoms with van der Waals surface area (Å²) < 4.78 is 0. The van der Waals surface area contributed by atoms with E-state index in [1.807, 2.05) is 0 Å². The molecule has 1 N–H and O–H groups in total. The van der Waals surface area contributed by atoms with Crippen molar-refractivity contribution in [1.29, 1.82) is 0 Å². The van der Waals surface area contributed by atoms with E-state index < -0.39 is 0 Å². The molecule has 0 aromatic rings. The van der Waals surface area contributed by atoms with E-state index in [0.29, 0.717) is 6.54 Å². The zero-order chi connectivity index (χ0) is 12.4. The molecule has 0 bridgehead atoms. The SMILES string of the molecule is CCCCC(CC)C(=O)NCC(Cl)CCC. The lowest BCUT2D eigenvalue weighted by atomic mass is 9.98. The van der Waals surface area contributed by atoms with E-state index in [1.54, 1.807) is 0 Å². The lowest BCUT2D eigenvalue weighted by Gasteiger charge is -2.16. The van der Waals surface area contributed by atoms with Crippen LogP contribution >= 0.6 is 11.6 Å². The van der Waals surface area contributed by atoms with Crippen molar-refractivity contribution in [2.24, 2.45) is 5.92 Å². The first-order valence-electron chi connectivity index (χ1n) is 6.57. The number of amides is 1. The molecule has 0 aromatic heterocycles. The second-order valence-electron chi connectivity index (χ2n) is 4.38. The summed E-state index contributed by atoms with van der Waals surface area (Å²) in [5, 5.41) is 3.04. The minimum Gasteiger partial charge on any atom is -0.354 e. The Labute approximate surface area is 105 Å². The van der Waals surface area contributed by atoms with Gasteiger partial charge in [0.2, 0.25) is 5.91 Å². The lowest BCUT2D eigenvalue weighted by Crippen LogP contribution is -2.34. The van der Waals surface area contributed by atoms with Crippen LogP contribution in [0.25, 0.3) is 0 Å². The normalized spacial score (nSPS) is 14.5. The third kappa shape index (κ3) is 7.10. The molecule has 0 aliphatic rings. The smallest absolute Gasteiger partial charge is 0.223 e. The molecule has 2 nitrogen and oxygen atoms in total. The number of hydrogen-bond acceptors (Lipinski definition) is 1. The summed E-state index contributed by atoms with van der Waals surface area (Å²) in [5.41, 5.74) is 0. The highest BCUT2D eigenvalue weighted by atomic mass is 35.5. The molecule has 96 valence electrons. The summed E-state index contributed by atoms with van der Waals surface area (Å²) in [6.45, 7) is 6.94. The van der Waals surface area contributed by atoms with Gasteiger partial charge < -0.3 is 5.32 Å². The summed E-state index contributed by atoms with van der Waals surface area (Å²) in [5.74, 6) is 0.350. The van der Waals surface area contributed by atoms with Crippen LogP contribution in [0.15, 0.2) is 0 Å². The van der Waals surface area contributed by atoms with Gasteiger partial charge in [0.25, 0.3) is 0 Å². The molecule has 0 aliphatic carbocycles. The predicted molar refractivity (Wildman–Crippen MR) is 70.9 cm³/mol. The van der Waals surface area contributed by atoms with E-state index in [1.165, 1.54) is 0 Å². The fourth-order valence-electron chi connectivity index (χ4n) is 1.74. The maximum Gasteiger partial charge on any atom is 0.223 e. The number of hydrogen-bond donors (Lipinski definition) is 1. The highest BCUT2D eigenvalue weighted by Crippen LogP contribution is 2.13. The van der Waals surface area contributed by atoms with Gasteiger partial charge in [-0.15, -0.1) is 11.6 Å². The number of unbranched alkanes of at least 4 members (excludes halogenated alkanes) is 1. The molecule has 0 aromatic carbocycles. The van der Waals surface area contributed by atoms with Gasteiger partial charge in [0.15, 0.2) is 0 Å². The quantitative estimate of drug-likeness (QED) is 0.618. The Morgan fingerprint density at radius 2 is 1.88 bits per heavy atom. The van der Waals surface area contributed by atoms with Gasteiger partial charge in [0.05, 0.1) is 5.38 Å². The van der Waals surface area contributed by atoms with Gasteiger partial charge in [-0.3, -0.25) is 4.79 Å². The summed E-state index contributed by atoms with van der Waals surface area (Å²) in [4.78, 5) is 11.8. The highest BCUT2D eigenvalue weighted by Gasteiger charge is 2.16. The van der Waals surface area contributed by atoms with E-state index in [-0.39, 0.29) is 17.2 Å². The van der Waals surface area contributed by atoms with Crippen molar-refractivity contribution >= 4 is 17.5 Å². The number of halogens is 1. The Morgan fingerprint density at radius 1 is 1.19 bits per heavy atom. The molecule has 0 spiro atoms. The van der Waals surface area contributed by atoms with Crippen LogP contribution in [0, 0.1) is 5.92 Å². The molecular formula is C13H26ClNO. The second kappa shape index (κ2) is 9.95. The summed E-state index contributed by atoms with van der Waals surface area (Å²) in [6.07, 6.45) is 6.24. The Morgan fingerprint density at radius 3 is 2.38 bits per heavy atom. The largest absolute Gasteiger partial charge is 0.354 e. The van der Waals surface area contributed by atoms with Crippen molar-refractivity contribution < 1.29 is 4.79 Å². The number of rotatable bonds is 9. The highest BCUT2D eigenvalue weighted by molar-refractivity contribution is 6.20. The van der Waals surface area contributed by atoms with Crippen LogP contribution in [0.3, 0.4) is 0 Å². The molecule has 0 radical (unpaired) electrons. The van der Waals surface area contributed by atoms with Crippen LogP contribution in [0.4, 0.5) is 0 Å². The van der Waals surface area contributed by atoms with Crippen molar-refractivity contribution in [2.45, 2.75) is 64.7 Å². The second-order valence-corrected chi connectivity index (χ2v) is 5.00. The third-order valence-electron chi connectivity index (χ3n) is 2.87. The number of alkyl halides is 1. The maximum atomic E-state index is 11.8. The summed E-state index contributed by atoms with van der Waals surface area (Å²) in [6, 6.07) is 0. The Balaban J connectivity index is 3.82. The molecule has 0 saturated carbocycles. The standard InChI is InChI=1S/C13H26ClNO/c1-4-7-9-11(6-3)13(16)15-10-12(14)8-5-2/h11-12H,4-10H2,1-3H3,(H,15,16). The number of carbonyl (C=O) groups is 1. The molecule has 0 rings (SSSR count). The van der Waals surface area contributed by atoms with Crippen LogP contribution in [0.5, 0.6) is 0 Å². The van der Waals surface area contributed by atoms with Gasteiger partial charge in [-0.1, -0.05) is 40.0 Å². The van der Waals surface area contributed by atoms with Gasteiger partial charge in [0, 0.05) is 12.5 Å². The van der Waals surface area contributed by atoms with Crippen LogP contribution in [0.2, 0.25) is 0 Å². The fourth-order valence-corrected chi connectivity index (χ4v) is 2.04. The third-order valence-corrected chi connectivity index (χ3v) is 3.24. The zero-order valence-electron chi connectivity index (χ0n) is 10.9. The Hall–Kier alpha value is -0.240. The van der Waals surface area contributed by atoms with Crippen molar-refractivity contribution in [3.05, 3.63) is 0 Å². The maximum absolute atomic E-state index is 11.8. The minimum absolute atomic E-state index is 0.0811. The van der Waals surface area contributed by atoms with Crippen molar-refractivity contribution in [1.82, 2.24) is 5.32 Å². The van der Waals surface area contributed by atoms with Gasteiger partial charge >= 0.3 is 0 Å². The van der Waals surface area contributed by atoms with Gasteiger partial charge in [0.1, 0.15) is 0 Å². The van der Waals surface area contributed by atoms with E-state index in [0.717, 1.165) is 38.5 Å². The molecule has 0 fully saturated rings. The Kier molecular flexibility index (Phi) is 9.80. The average Bonchev–Trinajstić information content (AvgIpc) is 2.28. The van der Waals surface area contributed by atoms with Crippen LogP contribution in [0.1, 0.15) is 59.3 Å².